The molecule has 1 saturated heterocycles. The number of benzene rings is 2. The number of carbonyl (C=O) groups excluding carboxylic acids is 1. The monoisotopic (exact) mass is 497 g/mol. The summed E-state index contributed by atoms with van der Waals surface area (Å²) >= 11 is 0. The molecule has 194 valence electrons. The van der Waals surface area contributed by atoms with E-state index in [1.54, 1.807) is 54.8 Å². The van der Waals surface area contributed by atoms with Crippen LogP contribution in [0.25, 0.3) is 12.2 Å². The van der Waals surface area contributed by atoms with Crippen molar-refractivity contribution in [3.8, 4) is 34.5 Å². The minimum Gasteiger partial charge on any atom is -0.493 e. The molecule has 0 bridgehead atoms. The molecular weight excluding hydrogens is 462 g/mol. The summed E-state index contributed by atoms with van der Waals surface area (Å²) in [5.74, 6) is 3.06. The van der Waals surface area contributed by atoms with Gasteiger partial charge in [0, 0.05) is 35.4 Å². The third kappa shape index (κ3) is 5.44. The Morgan fingerprint density at radius 3 is 1.42 bits per heavy atom. The molecule has 0 radical (unpaired) electrons. The molecular formula is C28H35NO7. The summed E-state index contributed by atoms with van der Waals surface area (Å²) in [6, 6.07) is 7.33. The lowest BCUT2D eigenvalue weighted by Crippen LogP contribution is -2.38. The summed E-state index contributed by atoms with van der Waals surface area (Å²) in [5.41, 5.74) is 2.79. The fourth-order valence-corrected chi connectivity index (χ4v) is 4.44. The predicted octanol–water partition coefficient (Wildman–Crippen LogP) is 4.50. The number of carbonyl (C=O) groups is 1. The fraction of sp³-hybridized carbons (Fsp3) is 0.393. The van der Waals surface area contributed by atoms with E-state index < -0.39 is 0 Å². The molecule has 1 fully saturated rings. The van der Waals surface area contributed by atoms with Crippen molar-refractivity contribution in [3.63, 3.8) is 0 Å². The molecule has 2 aromatic rings. The molecule has 0 amide bonds. The SMILES string of the molecule is CCCN1C/C(=C\c2ccc(OC)c(OC)c2OC)C(=O)/C(=C/c2ccc(OC)c(OC)c2OC)C1. The molecule has 3 rings (SSSR count). The third-order valence-electron chi connectivity index (χ3n) is 6.04. The number of methoxy groups -OCH3 is 6. The van der Waals surface area contributed by atoms with Crippen molar-refractivity contribution in [1.29, 1.82) is 0 Å². The first kappa shape index (κ1) is 26.9. The molecule has 0 saturated carbocycles. The zero-order valence-electron chi connectivity index (χ0n) is 22.1. The van der Waals surface area contributed by atoms with Gasteiger partial charge in [-0.25, -0.2) is 0 Å². The molecule has 36 heavy (non-hydrogen) atoms. The highest BCUT2D eigenvalue weighted by Gasteiger charge is 2.27. The quantitative estimate of drug-likeness (QED) is 0.444. The zero-order chi connectivity index (χ0) is 26.2. The van der Waals surface area contributed by atoms with Crippen LogP contribution in [-0.2, 0) is 4.79 Å². The number of ketones is 1. The van der Waals surface area contributed by atoms with Gasteiger partial charge in [-0.1, -0.05) is 6.92 Å². The molecule has 0 N–H and O–H groups in total. The number of hydrogen-bond acceptors (Lipinski definition) is 8. The first-order valence-corrected chi connectivity index (χ1v) is 11.7. The van der Waals surface area contributed by atoms with Crippen LogP contribution in [-0.4, -0.2) is 73.0 Å². The van der Waals surface area contributed by atoms with E-state index in [4.69, 9.17) is 28.4 Å². The van der Waals surface area contributed by atoms with E-state index in [9.17, 15) is 4.79 Å². The van der Waals surface area contributed by atoms with Crippen molar-refractivity contribution < 1.29 is 33.2 Å². The summed E-state index contributed by atoms with van der Waals surface area (Å²) in [5, 5.41) is 0. The van der Waals surface area contributed by atoms with Crippen molar-refractivity contribution in [2.45, 2.75) is 13.3 Å². The lowest BCUT2D eigenvalue weighted by molar-refractivity contribution is -0.113. The molecule has 1 aliphatic rings. The highest BCUT2D eigenvalue weighted by Crippen LogP contribution is 2.42. The number of Topliss-reactive ketones (excluding diaryl/α,β-unsaturated/α-hetero) is 1. The molecule has 0 spiro atoms. The summed E-state index contributed by atoms with van der Waals surface area (Å²) < 4.78 is 33.1. The van der Waals surface area contributed by atoms with Gasteiger partial charge in [0.1, 0.15) is 0 Å². The molecule has 0 atom stereocenters. The van der Waals surface area contributed by atoms with E-state index in [-0.39, 0.29) is 5.78 Å². The molecule has 0 aliphatic carbocycles. The van der Waals surface area contributed by atoms with Gasteiger partial charge < -0.3 is 28.4 Å². The van der Waals surface area contributed by atoms with Gasteiger partial charge >= 0.3 is 0 Å². The average molecular weight is 498 g/mol. The smallest absolute Gasteiger partial charge is 0.203 e. The van der Waals surface area contributed by atoms with Crippen LogP contribution in [0.1, 0.15) is 24.5 Å². The summed E-state index contributed by atoms with van der Waals surface area (Å²) in [4.78, 5) is 15.9. The number of hydrogen-bond donors (Lipinski definition) is 0. The van der Waals surface area contributed by atoms with Gasteiger partial charge in [-0.15, -0.1) is 0 Å². The second-order valence-electron chi connectivity index (χ2n) is 8.23. The number of piperidine rings is 1. The van der Waals surface area contributed by atoms with Gasteiger partial charge in [0.25, 0.3) is 0 Å². The first-order chi connectivity index (χ1) is 17.5. The highest BCUT2D eigenvalue weighted by molar-refractivity contribution is 6.15. The summed E-state index contributed by atoms with van der Waals surface area (Å²) in [6.45, 7) is 4.04. The summed E-state index contributed by atoms with van der Waals surface area (Å²) in [7, 11) is 9.40. The van der Waals surface area contributed by atoms with Crippen LogP contribution in [0.3, 0.4) is 0 Å². The van der Waals surface area contributed by atoms with Crippen LogP contribution < -0.4 is 28.4 Å². The molecule has 2 aromatic carbocycles. The van der Waals surface area contributed by atoms with E-state index in [1.165, 1.54) is 0 Å². The highest BCUT2D eigenvalue weighted by atomic mass is 16.5. The van der Waals surface area contributed by atoms with Crippen LogP contribution in [0.2, 0.25) is 0 Å². The van der Waals surface area contributed by atoms with Crippen molar-refractivity contribution in [2.24, 2.45) is 0 Å². The maximum atomic E-state index is 13.7. The number of likely N-dealkylation sites (tertiary alicyclic amines) is 1. The van der Waals surface area contributed by atoms with Crippen LogP contribution in [0.15, 0.2) is 35.4 Å². The number of rotatable bonds is 10. The maximum absolute atomic E-state index is 13.7. The van der Waals surface area contributed by atoms with Crippen LogP contribution in [0, 0.1) is 0 Å². The lowest BCUT2D eigenvalue weighted by atomic mass is 9.93. The van der Waals surface area contributed by atoms with E-state index in [1.807, 2.05) is 24.3 Å². The minimum atomic E-state index is -0.0315. The maximum Gasteiger partial charge on any atom is 0.203 e. The number of nitrogens with zero attached hydrogens (tertiary/aromatic N) is 1. The van der Waals surface area contributed by atoms with Crippen LogP contribution in [0.4, 0.5) is 0 Å². The average Bonchev–Trinajstić information content (AvgIpc) is 2.90. The van der Waals surface area contributed by atoms with E-state index in [0.717, 1.165) is 24.1 Å². The molecule has 0 aromatic heterocycles. The Kier molecular flexibility index (Phi) is 9.25. The zero-order valence-corrected chi connectivity index (χ0v) is 22.1. The van der Waals surface area contributed by atoms with Crippen LogP contribution >= 0.6 is 0 Å². The van der Waals surface area contributed by atoms with E-state index >= 15 is 0 Å². The van der Waals surface area contributed by atoms with Crippen molar-refractivity contribution in [2.75, 3.05) is 62.3 Å². The largest absolute Gasteiger partial charge is 0.493 e. The second kappa shape index (κ2) is 12.4. The van der Waals surface area contributed by atoms with Crippen molar-refractivity contribution >= 4 is 17.9 Å². The molecule has 8 heteroatoms. The Hall–Kier alpha value is -3.65. The Bertz CT molecular complexity index is 1070. The Labute approximate surface area is 213 Å². The van der Waals surface area contributed by atoms with E-state index in [2.05, 4.69) is 11.8 Å². The lowest BCUT2D eigenvalue weighted by Gasteiger charge is -2.29. The molecule has 1 heterocycles. The van der Waals surface area contributed by atoms with Crippen molar-refractivity contribution in [1.82, 2.24) is 4.90 Å². The van der Waals surface area contributed by atoms with Gasteiger partial charge in [0.2, 0.25) is 11.5 Å². The minimum absolute atomic E-state index is 0.0315. The van der Waals surface area contributed by atoms with Gasteiger partial charge in [0.15, 0.2) is 28.8 Å². The Balaban J connectivity index is 2.11. The predicted molar refractivity (Wildman–Crippen MR) is 140 cm³/mol. The van der Waals surface area contributed by atoms with Crippen molar-refractivity contribution in [3.05, 3.63) is 46.5 Å². The molecule has 8 nitrogen and oxygen atoms in total. The fourth-order valence-electron chi connectivity index (χ4n) is 4.44. The Morgan fingerprint density at radius 1 is 0.667 bits per heavy atom. The second-order valence-corrected chi connectivity index (χ2v) is 8.23. The van der Waals surface area contributed by atoms with E-state index in [0.29, 0.717) is 58.7 Å². The molecule has 1 aliphatic heterocycles. The first-order valence-electron chi connectivity index (χ1n) is 11.7. The standard InChI is InChI=1S/C28H35NO7/c1-8-13-29-16-20(14-18-9-11-22(31-2)27(35-6)25(18)33-4)24(30)21(17-29)15-19-10-12-23(32-3)28(36-7)26(19)34-5/h9-12,14-15H,8,13,16-17H2,1-7H3/b20-14+,21-15+. The van der Waals surface area contributed by atoms with Crippen LogP contribution in [0.5, 0.6) is 34.5 Å². The summed E-state index contributed by atoms with van der Waals surface area (Å²) in [6.07, 6.45) is 4.70. The third-order valence-corrected chi connectivity index (χ3v) is 6.04. The van der Waals surface area contributed by atoms with Gasteiger partial charge in [-0.2, -0.15) is 0 Å². The van der Waals surface area contributed by atoms with Gasteiger partial charge in [-0.3, -0.25) is 9.69 Å². The number of ether oxygens (including phenoxy) is 6. The topological polar surface area (TPSA) is 75.7 Å². The Morgan fingerprint density at radius 2 is 1.08 bits per heavy atom. The molecule has 0 unspecified atom stereocenters. The van der Waals surface area contributed by atoms with Gasteiger partial charge in [0.05, 0.1) is 42.7 Å². The normalized spacial score (nSPS) is 16.2. The van der Waals surface area contributed by atoms with Gasteiger partial charge in [-0.05, 0) is 49.4 Å².